The van der Waals surface area contributed by atoms with E-state index in [-0.39, 0.29) is 17.9 Å². The summed E-state index contributed by atoms with van der Waals surface area (Å²) in [7, 11) is -3.66. The van der Waals surface area contributed by atoms with Crippen molar-refractivity contribution < 1.29 is 17.6 Å². The maximum atomic E-state index is 13.5. The first-order valence-electron chi connectivity index (χ1n) is 6.97. The molecular weight excluding hydrogens is 295 g/mol. The van der Waals surface area contributed by atoms with E-state index in [0.29, 0.717) is 12.6 Å². The van der Waals surface area contributed by atoms with Gasteiger partial charge < -0.3 is 4.90 Å². The number of rotatable bonds is 5. The van der Waals surface area contributed by atoms with Crippen molar-refractivity contribution >= 4 is 15.9 Å². The van der Waals surface area contributed by atoms with Crippen LogP contribution in [0.5, 0.6) is 0 Å². The average Bonchev–Trinajstić information content (AvgIpc) is 3.17. The van der Waals surface area contributed by atoms with E-state index in [4.69, 9.17) is 0 Å². The second-order valence-electron chi connectivity index (χ2n) is 5.65. The molecule has 0 spiro atoms. The molecule has 1 saturated heterocycles. The molecule has 0 radical (unpaired) electrons. The van der Waals surface area contributed by atoms with Crippen LogP contribution < -0.4 is 4.72 Å². The lowest BCUT2D eigenvalue weighted by molar-refractivity contribution is -0.128. The molecule has 1 heterocycles. The van der Waals surface area contributed by atoms with Gasteiger partial charge in [-0.1, -0.05) is 18.2 Å². The number of sulfonamides is 1. The Balaban J connectivity index is 1.64. The van der Waals surface area contributed by atoms with E-state index in [1.807, 2.05) is 0 Å². The van der Waals surface area contributed by atoms with E-state index < -0.39 is 27.6 Å². The van der Waals surface area contributed by atoms with Gasteiger partial charge in [0.15, 0.2) is 0 Å². The number of benzene rings is 1. The summed E-state index contributed by atoms with van der Waals surface area (Å²) < 4.78 is 40.2. The van der Waals surface area contributed by atoms with Gasteiger partial charge in [-0.05, 0) is 18.9 Å². The molecular formula is C14H17FN2O3S. The third-order valence-corrected chi connectivity index (χ3v) is 5.18. The van der Waals surface area contributed by atoms with E-state index in [9.17, 15) is 17.6 Å². The van der Waals surface area contributed by atoms with Crippen molar-refractivity contribution in [3.05, 3.63) is 35.6 Å². The summed E-state index contributed by atoms with van der Waals surface area (Å²) >= 11 is 0. The van der Waals surface area contributed by atoms with Gasteiger partial charge in [-0.25, -0.2) is 17.5 Å². The first-order chi connectivity index (χ1) is 9.94. The molecule has 21 heavy (non-hydrogen) atoms. The average molecular weight is 312 g/mol. The topological polar surface area (TPSA) is 66.5 Å². The molecule has 1 N–H and O–H groups in total. The summed E-state index contributed by atoms with van der Waals surface area (Å²) in [4.78, 5) is 13.5. The van der Waals surface area contributed by atoms with Crippen LogP contribution in [0.1, 0.15) is 24.8 Å². The number of carbonyl (C=O) groups excluding carboxylic acids is 1. The molecule has 1 amide bonds. The minimum absolute atomic E-state index is 0.00362. The Bertz CT molecular complexity index is 658. The molecule has 1 aliphatic heterocycles. The van der Waals surface area contributed by atoms with Gasteiger partial charge in [-0.2, -0.15) is 0 Å². The van der Waals surface area contributed by atoms with Gasteiger partial charge in [0.1, 0.15) is 5.82 Å². The Morgan fingerprint density at radius 1 is 1.29 bits per heavy atom. The molecule has 1 aromatic carbocycles. The smallest absolute Gasteiger partial charge is 0.224 e. The van der Waals surface area contributed by atoms with Gasteiger partial charge in [-0.3, -0.25) is 4.79 Å². The summed E-state index contributed by atoms with van der Waals surface area (Å²) in [6, 6.07) is 5.68. The van der Waals surface area contributed by atoms with Crippen molar-refractivity contribution in [2.24, 2.45) is 0 Å². The second-order valence-corrected chi connectivity index (χ2v) is 7.40. The number of hydrogen-bond acceptors (Lipinski definition) is 3. The van der Waals surface area contributed by atoms with Gasteiger partial charge in [0.25, 0.3) is 0 Å². The highest BCUT2D eigenvalue weighted by Gasteiger charge is 2.40. The Kier molecular flexibility index (Phi) is 3.71. The van der Waals surface area contributed by atoms with Crippen LogP contribution in [-0.4, -0.2) is 37.9 Å². The molecule has 1 aromatic rings. The minimum Gasteiger partial charge on any atom is -0.338 e. The van der Waals surface area contributed by atoms with Crippen molar-refractivity contribution in [1.82, 2.24) is 9.62 Å². The number of halogens is 1. The summed E-state index contributed by atoms with van der Waals surface area (Å²) in [6.45, 7) is 0.417. The summed E-state index contributed by atoms with van der Waals surface area (Å²) in [5.41, 5.74) is 0.133. The van der Waals surface area contributed by atoms with Crippen molar-refractivity contribution in [1.29, 1.82) is 0 Å². The number of amides is 1. The summed E-state index contributed by atoms with van der Waals surface area (Å²) in [5, 5.41) is 0. The van der Waals surface area contributed by atoms with Gasteiger partial charge in [-0.15, -0.1) is 0 Å². The van der Waals surface area contributed by atoms with E-state index in [2.05, 4.69) is 4.72 Å². The highest BCUT2D eigenvalue weighted by Crippen LogP contribution is 2.30. The maximum Gasteiger partial charge on any atom is 0.224 e. The van der Waals surface area contributed by atoms with Crippen LogP contribution in [-0.2, 0) is 20.6 Å². The van der Waals surface area contributed by atoms with Gasteiger partial charge >= 0.3 is 0 Å². The van der Waals surface area contributed by atoms with Gasteiger partial charge in [0.05, 0.1) is 5.75 Å². The van der Waals surface area contributed by atoms with Crippen LogP contribution in [0.4, 0.5) is 4.39 Å². The number of carbonyl (C=O) groups is 1. The largest absolute Gasteiger partial charge is 0.338 e. The number of nitrogens with one attached hydrogen (secondary N) is 1. The minimum atomic E-state index is -3.66. The van der Waals surface area contributed by atoms with E-state index in [1.54, 1.807) is 11.0 Å². The first-order valence-corrected chi connectivity index (χ1v) is 8.63. The van der Waals surface area contributed by atoms with Crippen LogP contribution in [0.25, 0.3) is 0 Å². The van der Waals surface area contributed by atoms with Gasteiger partial charge in [0, 0.05) is 30.6 Å². The predicted molar refractivity (Wildman–Crippen MR) is 75.3 cm³/mol. The first kappa shape index (κ1) is 14.5. The van der Waals surface area contributed by atoms with Crippen molar-refractivity contribution in [2.45, 2.75) is 37.1 Å². The number of likely N-dealkylation sites (tertiary alicyclic amines) is 1. The zero-order valence-corrected chi connectivity index (χ0v) is 12.3. The Hall–Kier alpha value is -1.47. The normalized spacial score (nSPS) is 22.8. The Morgan fingerprint density at radius 3 is 2.67 bits per heavy atom. The monoisotopic (exact) mass is 312 g/mol. The van der Waals surface area contributed by atoms with E-state index in [0.717, 1.165) is 12.8 Å². The molecule has 1 atom stereocenters. The lowest BCUT2D eigenvalue weighted by Gasteiger charge is -2.16. The highest BCUT2D eigenvalue weighted by molar-refractivity contribution is 7.88. The summed E-state index contributed by atoms with van der Waals surface area (Å²) in [6.07, 6.45) is 2.19. The molecule has 114 valence electrons. The van der Waals surface area contributed by atoms with Crippen LogP contribution in [0.3, 0.4) is 0 Å². The molecule has 7 heteroatoms. The van der Waals surface area contributed by atoms with Crippen LogP contribution in [0.2, 0.25) is 0 Å². The highest BCUT2D eigenvalue weighted by atomic mass is 32.2. The fourth-order valence-electron chi connectivity index (χ4n) is 2.67. The Labute approximate surface area is 123 Å². The summed E-state index contributed by atoms with van der Waals surface area (Å²) in [5.74, 6) is -0.950. The number of nitrogens with zero attached hydrogens (tertiary/aromatic N) is 1. The molecule has 1 unspecified atom stereocenters. The SMILES string of the molecule is O=C1CC(NS(=O)(=O)Cc2ccccc2F)CN1C1CC1. The molecule has 0 aromatic heterocycles. The van der Waals surface area contributed by atoms with E-state index >= 15 is 0 Å². The maximum absolute atomic E-state index is 13.5. The van der Waals surface area contributed by atoms with Crippen molar-refractivity contribution in [3.63, 3.8) is 0 Å². The molecule has 0 bridgehead atoms. The molecule has 2 fully saturated rings. The lowest BCUT2D eigenvalue weighted by atomic mass is 10.2. The van der Waals surface area contributed by atoms with Crippen LogP contribution >= 0.6 is 0 Å². The second kappa shape index (κ2) is 5.38. The molecule has 5 nitrogen and oxygen atoms in total. The molecule has 1 aliphatic carbocycles. The molecule has 1 saturated carbocycles. The zero-order valence-electron chi connectivity index (χ0n) is 11.5. The third kappa shape index (κ3) is 3.41. The Morgan fingerprint density at radius 2 is 2.00 bits per heavy atom. The fraction of sp³-hybridized carbons (Fsp3) is 0.500. The fourth-order valence-corrected chi connectivity index (χ4v) is 4.06. The molecule has 2 aliphatic rings. The van der Waals surface area contributed by atoms with Crippen molar-refractivity contribution in [2.75, 3.05) is 6.54 Å². The number of hydrogen-bond donors (Lipinski definition) is 1. The predicted octanol–water partition coefficient (Wildman–Crippen LogP) is 1.01. The standard InChI is InChI=1S/C14H17FN2O3S/c15-13-4-2-1-3-10(13)9-21(19,20)16-11-7-14(18)17(8-11)12-5-6-12/h1-4,11-12,16H,5-9H2. The van der Waals surface area contributed by atoms with Gasteiger partial charge in [0.2, 0.25) is 15.9 Å². The van der Waals surface area contributed by atoms with Crippen molar-refractivity contribution in [3.8, 4) is 0 Å². The van der Waals surface area contributed by atoms with Crippen LogP contribution in [0, 0.1) is 5.82 Å². The third-order valence-electron chi connectivity index (χ3n) is 3.80. The quantitative estimate of drug-likeness (QED) is 0.882. The van der Waals surface area contributed by atoms with E-state index in [1.165, 1.54) is 18.2 Å². The zero-order chi connectivity index (χ0) is 15.0. The van der Waals surface area contributed by atoms with Crippen LogP contribution in [0.15, 0.2) is 24.3 Å². The lowest BCUT2D eigenvalue weighted by Crippen LogP contribution is -2.38. The molecule has 3 rings (SSSR count).